The van der Waals surface area contributed by atoms with E-state index in [4.69, 9.17) is 21.6 Å². The highest BCUT2D eigenvalue weighted by Gasteiger charge is 2.15. The summed E-state index contributed by atoms with van der Waals surface area (Å²) in [6.45, 7) is 0. The zero-order valence-electron chi connectivity index (χ0n) is 6.57. The van der Waals surface area contributed by atoms with Gasteiger partial charge in [0, 0.05) is 19.9 Å². The Bertz CT molecular complexity index is 441. The van der Waals surface area contributed by atoms with E-state index in [-0.39, 0.29) is 0 Å². The van der Waals surface area contributed by atoms with Crippen molar-refractivity contribution >= 4 is 44.9 Å². The molecule has 0 unspecified atom stereocenters. The quantitative estimate of drug-likeness (QED) is 0.698. The maximum Gasteiger partial charge on any atom is 0.499 e. The van der Waals surface area contributed by atoms with Crippen LogP contribution in [0.3, 0.4) is 0 Å². The highest BCUT2D eigenvalue weighted by molar-refractivity contribution is 7.28. The predicted molar refractivity (Wildman–Crippen MR) is 56.7 cm³/mol. The van der Waals surface area contributed by atoms with Crippen molar-refractivity contribution in [2.75, 3.05) is 0 Å². The van der Waals surface area contributed by atoms with Gasteiger partial charge >= 0.3 is 7.12 Å². The smallest absolute Gasteiger partial charge is 0.423 e. The van der Waals surface area contributed by atoms with Gasteiger partial charge in [0.25, 0.3) is 0 Å². The molecule has 0 atom stereocenters. The number of rotatable bonds is 1. The maximum absolute atomic E-state index is 8.94. The Labute approximate surface area is 84.5 Å². The van der Waals surface area contributed by atoms with Crippen LogP contribution in [0.5, 0.6) is 0 Å². The van der Waals surface area contributed by atoms with E-state index in [1.807, 2.05) is 12.1 Å². The van der Waals surface area contributed by atoms with E-state index in [1.165, 1.54) is 11.3 Å². The Morgan fingerprint density at radius 3 is 2.69 bits per heavy atom. The van der Waals surface area contributed by atoms with Gasteiger partial charge in [-0.2, -0.15) is 0 Å². The lowest BCUT2D eigenvalue weighted by molar-refractivity contribution is 0.427. The topological polar surface area (TPSA) is 40.5 Å². The maximum atomic E-state index is 8.94. The van der Waals surface area contributed by atoms with Crippen LogP contribution in [0, 0.1) is 0 Å². The van der Waals surface area contributed by atoms with Gasteiger partial charge in [0.15, 0.2) is 0 Å². The molecule has 2 nitrogen and oxygen atoms in total. The van der Waals surface area contributed by atoms with Crippen molar-refractivity contribution in [3.8, 4) is 0 Å². The first-order chi connectivity index (χ1) is 6.18. The lowest BCUT2D eigenvalue weighted by atomic mass is 9.89. The second-order valence-electron chi connectivity index (χ2n) is 2.67. The van der Waals surface area contributed by atoms with Gasteiger partial charge in [0.1, 0.15) is 0 Å². The van der Waals surface area contributed by atoms with Gasteiger partial charge in [-0.15, -0.1) is 11.3 Å². The number of hydrogen-bond acceptors (Lipinski definition) is 3. The van der Waals surface area contributed by atoms with Gasteiger partial charge < -0.3 is 10.0 Å². The van der Waals surface area contributed by atoms with E-state index in [2.05, 4.69) is 0 Å². The summed E-state index contributed by atoms with van der Waals surface area (Å²) in [5.74, 6) is 0. The van der Waals surface area contributed by atoms with Crippen LogP contribution in [0.2, 0.25) is 5.02 Å². The molecule has 13 heavy (non-hydrogen) atoms. The molecule has 0 amide bonds. The van der Waals surface area contributed by atoms with E-state index in [1.54, 1.807) is 12.1 Å². The molecule has 2 aromatic rings. The highest BCUT2D eigenvalue weighted by Crippen LogP contribution is 2.26. The van der Waals surface area contributed by atoms with Crippen molar-refractivity contribution in [1.82, 2.24) is 0 Å². The third kappa shape index (κ3) is 1.58. The largest absolute Gasteiger partial charge is 0.499 e. The van der Waals surface area contributed by atoms with E-state index in [0.717, 1.165) is 10.1 Å². The van der Waals surface area contributed by atoms with Gasteiger partial charge in [0.2, 0.25) is 0 Å². The second-order valence-corrected chi connectivity index (χ2v) is 4.20. The number of benzene rings is 1. The van der Waals surface area contributed by atoms with Crippen LogP contribution < -0.4 is 4.78 Å². The first-order valence-electron chi connectivity index (χ1n) is 3.72. The Hall–Kier alpha value is -0.545. The van der Waals surface area contributed by atoms with Gasteiger partial charge in [-0.3, -0.25) is 0 Å². The average Bonchev–Trinajstić information content (AvgIpc) is 2.49. The summed E-state index contributed by atoms with van der Waals surface area (Å²) in [6, 6.07) is 7.23. The summed E-state index contributed by atoms with van der Waals surface area (Å²) in [5, 5.41) is 19.4. The molecule has 5 heteroatoms. The molecule has 66 valence electrons. The third-order valence-electron chi connectivity index (χ3n) is 1.78. The standard InChI is InChI=1S/C8H6BClO2S/c10-6-2-1-3-7-5(6)4-8(13-7)9(11)12/h1-4,11-12H. The van der Waals surface area contributed by atoms with Crippen molar-refractivity contribution in [3.63, 3.8) is 0 Å². The van der Waals surface area contributed by atoms with Crippen molar-refractivity contribution in [1.29, 1.82) is 0 Å². The Morgan fingerprint density at radius 1 is 1.31 bits per heavy atom. The van der Waals surface area contributed by atoms with E-state index < -0.39 is 7.12 Å². The van der Waals surface area contributed by atoms with Gasteiger partial charge in [0.05, 0.1) is 0 Å². The van der Waals surface area contributed by atoms with Crippen molar-refractivity contribution < 1.29 is 10.0 Å². The first kappa shape index (κ1) is 9.03. The number of thiophene rings is 1. The minimum Gasteiger partial charge on any atom is -0.423 e. The zero-order chi connectivity index (χ0) is 9.42. The summed E-state index contributed by atoms with van der Waals surface area (Å²) < 4.78 is 1.48. The van der Waals surface area contributed by atoms with Crippen LogP contribution in [0.25, 0.3) is 10.1 Å². The fourth-order valence-corrected chi connectivity index (χ4v) is 2.42. The number of hydrogen-bond donors (Lipinski definition) is 2. The third-order valence-corrected chi connectivity index (χ3v) is 3.25. The summed E-state index contributed by atoms with van der Waals surface area (Å²) in [7, 11) is -1.41. The minimum absolute atomic E-state index is 0.517. The Kier molecular flexibility index (Phi) is 2.30. The van der Waals surface area contributed by atoms with Gasteiger partial charge in [-0.1, -0.05) is 17.7 Å². The number of halogens is 1. The summed E-state index contributed by atoms with van der Waals surface area (Å²) in [6.07, 6.45) is 0. The molecule has 0 fully saturated rings. The molecular formula is C8H6BClO2S. The molecule has 0 spiro atoms. The Balaban J connectivity index is 2.68. The van der Waals surface area contributed by atoms with Gasteiger partial charge in [-0.05, 0) is 18.2 Å². The van der Waals surface area contributed by atoms with E-state index >= 15 is 0 Å². The van der Waals surface area contributed by atoms with Crippen molar-refractivity contribution in [3.05, 3.63) is 29.3 Å². The van der Waals surface area contributed by atoms with Crippen LogP contribution >= 0.6 is 22.9 Å². The Morgan fingerprint density at radius 2 is 2.08 bits per heavy atom. The molecule has 0 saturated heterocycles. The molecule has 0 radical (unpaired) electrons. The van der Waals surface area contributed by atoms with Crippen LogP contribution in [-0.2, 0) is 0 Å². The average molecular weight is 212 g/mol. The molecule has 0 bridgehead atoms. The predicted octanol–water partition coefficient (Wildman–Crippen LogP) is 1.23. The summed E-state index contributed by atoms with van der Waals surface area (Å²) >= 11 is 7.25. The molecular weight excluding hydrogens is 206 g/mol. The van der Waals surface area contributed by atoms with Gasteiger partial charge in [-0.25, -0.2) is 0 Å². The lowest BCUT2D eigenvalue weighted by Gasteiger charge is -1.89. The second kappa shape index (κ2) is 3.31. The zero-order valence-corrected chi connectivity index (χ0v) is 8.14. The van der Waals surface area contributed by atoms with E-state index in [0.29, 0.717) is 9.80 Å². The molecule has 1 aromatic carbocycles. The SMILES string of the molecule is OB(O)c1cc2c(Cl)cccc2s1. The summed E-state index contributed by atoms with van der Waals surface area (Å²) in [5.41, 5.74) is 0. The van der Waals surface area contributed by atoms with Crippen LogP contribution in [0.15, 0.2) is 24.3 Å². The molecule has 2 N–H and O–H groups in total. The first-order valence-corrected chi connectivity index (χ1v) is 4.92. The fraction of sp³-hybridized carbons (Fsp3) is 0. The van der Waals surface area contributed by atoms with Crippen molar-refractivity contribution in [2.24, 2.45) is 0 Å². The highest BCUT2D eigenvalue weighted by atomic mass is 35.5. The fourth-order valence-electron chi connectivity index (χ4n) is 1.17. The van der Waals surface area contributed by atoms with Crippen LogP contribution in [0.4, 0.5) is 0 Å². The van der Waals surface area contributed by atoms with Crippen LogP contribution in [-0.4, -0.2) is 17.2 Å². The minimum atomic E-state index is -1.41. The lowest BCUT2D eigenvalue weighted by Crippen LogP contribution is -2.26. The van der Waals surface area contributed by atoms with E-state index in [9.17, 15) is 0 Å². The summed E-state index contributed by atoms with van der Waals surface area (Å²) in [4.78, 5) is 0. The molecule has 1 heterocycles. The van der Waals surface area contributed by atoms with Crippen molar-refractivity contribution in [2.45, 2.75) is 0 Å². The van der Waals surface area contributed by atoms with Crippen LogP contribution in [0.1, 0.15) is 0 Å². The number of fused-ring (bicyclic) bond motifs is 1. The molecule has 0 aliphatic rings. The monoisotopic (exact) mass is 212 g/mol. The molecule has 2 rings (SSSR count). The normalized spacial score (nSPS) is 10.7. The molecule has 0 aliphatic carbocycles. The molecule has 0 saturated carbocycles. The molecule has 0 aliphatic heterocycles. The molecule has 1 aromatic heterocycles.